The Morgan fingerprint density at radius 3 is 2.53 bits per heavy atom. The molecule has 0 saturated heterocycles. The van der Waals surface area contributed by atoms with E-state index in [1.807, 2.05) is 18.2 Å². The van der Waals surface area contributed by atoms with Crippen LogP contribution in [0, 0.1) is 0 Å². The molecule has 0 atom stereocenters. The van der Waals surface area contributed by atoms with E-state index in [1.54, 1.807) is 0 Å². The van der Waals surface area contributed by atoms with Gasteiger partial charge in [0.05, 0.1) is 10.8 Å². The van der Waals surface area contributed by atoms with Crippen molar-refractivity contribution in [3.63, 3.8) is 0 Å². The van der Waals surface area contributed by atoms with E-state index in [2.05, 4.69) is 45.1 Å². The Balaban J connectivity index is 2.66. The number of fused-ring (bicyclic) bond motifs is 1. The molecule has 0 spiro atoms. The van der Waals surface area contributed by atoms with Crippen LogP contribution in [0.1, 0.15) is 33.5 Å². The first kappa shape index (κ1) is 11.9. The molecule has 1 heterocycles. The minimum atomic E-state index is 0.00152. The van der Waals surface area contributed by atoms with E-state index in [9.17, 15) is 0 Å². The average Bonchev–Trinajstić information content (AvgIpc) is 2.27. The molecule has 1 N–H and O–H groups in total. The third kappa shape index (κ3) is 2.41. The summed E-state index contributed by atoms with van der Waals surface area (Å²) >= 11 is 0. The summed E-state index contributed by atoms with van der Waals surface area (Å²) in [5.74, 6) is 1.01. The van der Waals surface area contributed by atoms with Crippen molar-refractivity contribution in [1.82, 2.24) is 0 Å². The highest BCUT2D eigenvalue weighted by molar-refractivity contribution is 5.80. The molecule has 0 fully saturated rings. The van der Waals surface area contributed by atoms with Gasteiger partial charge in [-0.1, -0.05) is 12.1 Å². The molecule has 0 bridgehead atoms. The molecular weight excluding hydrogens is 210 g/mol. The molecule has 0 aliphatic carbocycles. The topological polar surface area (TPSA) is 23.3 Å². The van der Waals surface area contributed by atoms with E-state index in [1.165, 1.54) is 0 Å². The van der Waals surface area contributed by atoms with Crippen LogP contribution in [0.15, 0.2) is 34.7 Å². The van der Waals surface area contributed by atoms with Crippen LogP contribution in [0.5, 0.6) is 0 Å². The maximum absolute atomic E-state index is 6.05. The minimum absolute atomic E-state index is 0.00152. The highest BCUT2D eigenvalue weighted by Crippen LogP contribution is 2.33. The van der Waals surface area contributed by atoms with Gasteiger partial charge in [0, 0.05) is 12.6 Å². The number of hydrogen-bond acceptors (Lipinski definition) is 1. The average molecular weight is 230 g/mol. The van der Waals surface area contributed by atoms with Crippen LogP contribution in [0.25, 0.3) is 11.0 Å². The van der Waals surface area contributed by atoms with Crippen molar-refractivity contribution in [2.45, 2.75) is 33.1 Å². The maximum atomic E-state index is 6.05. The standard InChI is InChI=1S/C15H20NO/c1-5-16-12-10-11-8-6-7-9-13(11)17-14(12)15(2,3)4/h6-10,16H,5H2,1-4H3/q+1. The Hall–Kier alpha value is -1.57. The van der Waals surface area contributed by atoms with Crippen LogP contribution in [0.4, 0.5) is 5.69 Å². The maximum Gasteiger partial charge on any atom is 0.360 e. The van der Waals surface area contributed by atoms with E-state index in [0.29, 0.717) is 0 Å². The molecule has 90 valence electrons. The summed E-state index contributed by atoms with van der Waals surface area (Å²) in [5.41, 5.74) is 2.04. The Kier molecular flexibility index (Phi) is 3.05. The molecule has 0 saturated carbocycles. The smallest absolute Gasteiger partial charge is 0.360 e. The fourth-order valence-electron chi connectivity index (χ4n) is 1.96. The lowest BCUT2D eigenvalue weighted by Crippen LogP contribution is -2.14. The zero-order chi connectivity index (χ0) is 12.5. The number of hydrogen-bond donors (Lipinski definition) is 1. The van der Waals surface area contributed by atoms with Crippen LogP contribution in [-0.2, 0) is 5.41 Å². The third-order valence-electron chi connectivity index (χ3n) is 2.72. The Morgan fingerprint density at radius 2 is 1.88 bits per heavy atom. The molecule has 0 radical (unpaired) electrons. The Morgan fingerprint density at radius 1 is 1.18 bits per heavy atom. The second kappa shape index (κ2) is 4.36. The first-order valence-electron chi connectivity index (χ1n) is 6.12. The van der Waals surface area contributed by atoms with E-state index in [0.717, 1.165) is 29.0 Å². The highest BCUT2D eigenvalue weighted by Gasteiger charge is 2.31. The number of nitrogens with one attached hydrogen (secondary N) is 1. The largest absolute Gasteiger partial charge is 0.378 e. The van der Waals surface area contributed by atoms with Gasteiger partial charge in [0.15, 0.2) is 0 Å². The van der Waals surface area contributed by atoms with Crippen molar-refractivity contribution in [2.24, 2.45) is 0 Å². The van der Waals surface area contributed by atoms with E-state index < -0.39 is 0 Å². The zero-order valence-corrected chi connectivity index (χ0v) is 11.0. The van der Waals surface area contributed by atoms with Gasteiger partial charge < -0.3 is 5.32 Å². The molecule has 2 nitrogen and oxygen atoms in total. The molecule has 2 aromatic rings. The van der Waals surface area contributed by atoms with Gasteiger partial charge in [-0.2, -0.15) is 0 Å². The van der Waals surface area contributed by atoms with Crippen LogP contribution >= 0.6 is 0 Å². The van der Waals surface area contributed by atoms with Crippen molar-refractivity contribution in [2.75, 3.05) is 11.9 Å². The quantitative estimate of drug-likeness (QED) is 0.771. The molecular formula is C15H20NO+. The van der Waals surface area contributed by atoms with E-state index in [-0.39, 0.29) is 5.41 Å². The molecule has 2 heteroatoms. The minimum Gasteiger partial charge on any atom is -0.378 e. The summed E-state index contributed by atoms with van der Waals surface area (Å²) in [7, 11) is 0. The molecule has 2 rings (SSSR count). The summed E-state index contributed by atoms with van der Waals surface area (Å²) in [6, 6.07) is 10.3. The van der Waals surface area contributed by atoms with Gasteiger partial charge in [0.2, 0.25) is 0 Å². The van der Waals surface area contributed by atoms with Crippen molar-refractivity contribution in [1.29, 1.82) is 0 Å². The lowest BCUT2D eigenvalue weighted by Gasteiger charge is -2.13. The number of rotatable bonds is 2. The first-order chi connectivity index (χ1) is 8.02. The molecule has 0 aliphatic rings. The molecule has 1 aromatic carbocycles. The normalized spacial score (nSPS) is 11.8. The predicted octanol–water partition coefficient (Wildman–Crippen LogP) is 4.44. The Labute approximate surface area is 103 Å². The second-order valence-corrected chi connectivity index (χ2v) is 5.31. The van der Waals surface area contributed by atoms with Gasteiger partial charge in [-0.3, -0.25) is 0 Å². The van der Waals surface area contributed by atoms with Gasteiger partial charge in [0.1, 0.15) is 5.69 Å². The summed E-state index contributed by atoms with van der Waals surface area (Å²) in [6.07, 6.45) is 0. The number of para-hydroxylation sites is 1. The van der Waals surface area contributed by atoms with Gasteiger partial charge in [-0.15, -0.1) is 0 Å². The highest BCUT2D eigenvalue weighted by atomic mass is 16.3. The lowest BCUT2D eigenvalue weighted by atomic mass is 9.91. The van der Waals surface area contributed by atoms with E-state index in [4.69, 9.17) is 4.42 Å². The summed E-state index contributed by atoms with van der Waals surface area (Å²) in [4.78, 5) is 0. The number of benzene rings is 1. The summed E-state index contributed by atoms with van der Waals surface area (Å²) in [5, 5.41) is 4.52. The van der Waals surface area contributed by atoms with Crippen molar-refractivity contribution >= 4 is 16.7 Å². The molecule has 0 aliphatic heterocycles. The molecule has 17 heavy (non-hydrogen) atoms. The Bertz CT molecular complexity index is 526. The zero-order valence-electron chi connectivity index (χ0n) is 11.0. The van der Waals surface area contributed by atoms with Crippen LogP contribution < -0.4 is 5.32 Å². The molecule has 1 aromatic heterocycles. The van der Waals surface area contributed by atoms with Crippen LogP contribution in [0.2, 0.25) is 0 Å². The van der Waals surface area contributed by atoms with Gasteiger partial charge in [-0.25, -0.2) is 4.42 Å². The predicted molar refractivity (Wildman–Crippen MR) is 73.5 cm³/mol. The number of anilines is 1. The monoisotopic (exact) mass is 230 g/mol. The second-order valence-electron chi connectivity index (χ2n) is 5.31. The van der Waals surface area contributed by atoms with Gasteiger partial charge in [0.25, 0.3) is 0 Å². The third-order valence-corrected chi connectivity index (χ3v) is 2.72. The van der Waals surface area contributed by atoms with Crippen molar-refractivity contribution in [3.8, 4) is 0 Å². The summed E-state index contributed by atoms with van der Waals surface area (Å²) < 4.78 is 6.05. The fraction of sp³-hybridized carbons (Fsp3) is 0.400. The van der Waals surface area contributed by atoms with Crippen LogP contribution in [-0.4, -0.2) is 6.54 Å². The first-order valence-corrected chi connectivity index (χ1v) is 6.12. The van der Waals surface area contributed by atoms with Gasteiger partial charge >= 0.3 is 11.3 Å². The van der Waals surface area contributed by atoms with Gasteiger partial charge in [-0.05, 0) is 39.8 Å². The molecule has 0 unspecified atom stereocenters. The van der Waals surface area contributed by atoms with Crippen LogP contribution in [0.3, 0.4) is 0 Å². The lowest BCUT2D eigenvalue weighted by molar-refractivity contribution is 0.424. The summed E-state index contributed by atoms with van der Waals surface area (Å²) in [6.45, 7) is 9.50. The SMILES string of the molecule is CCNc1cc2ccccc2[o+]c1C(C)(C)C. The molecule has 0 amide bonds. The van der Waals surface area contributed by atoms with Crippen molar-refractivity contribution < 1.29 is 4.42 Å². The van der Waals surface area contributed by atoms with E-state index >= 15 is 0 Å². The van der Waals surface area contributed by atoms with Crippen molar-refractivity contribution in [3.05, 3.63) is 36.1 Å². The fourth-order valence-corrected chi connectivity index (χ4v) is 1.96.